The van der Waals surface area contributed by atoms with Gasteiger partial charge in [-0.15, -0.1) is 0 Å². The van der Waals surface area contributed by atoms with Crippen LogP contribution in [0.25, 0.3) is 0 Å². The number of hydrogen-bond acceptors (Lipinski definition) is 4. The molecule has 0 amide bonds. The highest BCUT2D eigenvalue weighted by atomic mass is 35.5. The van der Waals surface area contributed by atoms with Gasteiger partial charge in [0.1, 0.15) is 5.82 Å². The van der Waals surface area contributed by atoms with Crippen molar-refractivity contribution >= 4 is 34.9 Å². The Kier molecular flexibility index (Phi) is 4.91. The maximum atomic E-state index is 6.21. The number of pyridine rings is 1. The standard InChI is InChI=1S/C17H20ClN3S/c1-20(2)10-3-4-11-21-14-12-13(18)7-8-15(14)22-16-6-5-9-19-17(16)21/h5-9,12H,3-4,10-11H2,1-2H3. The molecule has 0 fully saturated rings. The molecular weight excluding hydrogens is 314 g/mol. The largest absolute Gasteiger partial charge is 0.324 e. The van der Waals surface area contributed by atoms with Crippen LogP contribution in [-0.4, -0.2) is 37.1 Å². The molecule has 0 aliphatic carbocycles. The molecule has 0 radical (unpaired) electrons. The summed E-state index contributed by atoms with van der Waals surface area (Å²) < 4.78 is 0. The van der Waals surface area contributed by atoms with Crippen molar-refractivity contribution < 1.29 is 0 Å². The molecule has 1 aromatic carbocycles. The van der Waals surface area contributed by atoms with Crippen LogP contribution in [0, 0.1) is 0 Å². The van der Waals surface area contributed by atoms with Gasteiger partial charge in [-0.1, -0.05) is 23.4 Å². The number of fused-ring (bicyclic) bond motifs is 2. The lowest BCUT2D eigenvalue weighted by atomic mass is 10.2. The molecule has 1 aromatic heterocycles. The molecular formula is C17H20ClN3S. The first-order valence-corrected chi connectivity index (χ1v) is 8.69. The minimum absolute atomic E-state index is 0.775. The van der Waals surface area contributed by atoms with Crippen LogP contribution in [0.5, 0.6) is 0 Å². The Labute approximate surface area is 141 Å². The SMILES string of the molecule is CN(C)CCCCN1c2cc(Cl)ccc2Sc2cccnc21. The van der Waals surface area contributed by atoms with Gasteiger partial charge in [-0.3, -0.25) is 0 Å². The van der Waals surface area contributed by atoms with Crippen LogP contribution in [0.3, 0.4) is 0 Å². The average Bonchev–Trinajstić information content (AvgIpc) is 2.50. The van der Waals surface area contributed by atoms with Crippen LogP contribution in [0.15, 0.2) is 46.3 Å². The highest BCUT2D eigenvalue weighted by molar-refractivity contribution is 7.99. The lowest BCUT2D eigenvalue weighted by molar-refractivity contribution is 0.395. The van der Waals surface area contributed by atoms with Crippen LogP contribution in [-0.2, 0) is 0 Å². The van der Waals surface area contributed by atoms with Crippen molar-refractivity contribution in [3.05, 3.63) is 41.6 Å². The smallest absolute Gasteiger partial charge is 0.147 e. The molecule has 0 spiro atoms. The summed E-state index contributed by atoms with van der Waals surface area (Å²) >= 11 is 7.98. The minimum Gasteiger partial charge on any atom is -0.324 e. The van der Waals surface area contributed by atoms with E-state index in [-0.39, 0.29) is 0 Å². The van der Waals surface area contributed by atoms with E-state index < -0.39 is 0 Å². The van der Waals surface area contributed by atoms with E-state index in [1.54, 1.807) is 11.8 Å². The van der Waals surface area contributed by atoms with E-state index in [0.717, 1.165) is 30.4 Å². The van der Waals surface area contributed by atoms with Gasteiger partial charge in [0.05, 0.1) is 10.6 Å². The second kappa shape index (κ2) is 6.90. The number of anilines is 2. The van der Waals surface area contributed by atoms with Crippen LogP contribution in [0.2, 0.25) is 5.02 Å². The van der Waals surface area contributed by atoms with Crippen LogP contribution >= 0.6 is 23.4 Å². The Balaban J connectivity index is 1.85. The van der Waals surface area contributed by atoms with Gasteiger partial charge in [-0.05, 0) is 63.8 Å². The fourth-order valence-electron chi connectivity index (χ4n) is 2.61. The third kappa shape index (κ3) is 3.40. The third-order valence-electron chi connectivity index (χ3n) is 3.68. The van der Waals surface area contributed by atoms with Gasteiger partial charge in [-0.25, -0.2) is 4.98 Å². The third-order valence-corrected chi connectivity index (χ3v) is 5.01. The number of benzene rings is 1. The van der Waals surface area contributed by atoms with E-state index in [9.17, 15) is 0 Å². The maximum absolute atomic E-state index is 6.21. The van der Waals surface area contributed by atoms with Crippen molar-refractivity contribution in [2.75, 3.05) is 32.1 Å². The first-order valence-electron chi connectivity index (χ1n) is 7.50. The van der Waals surface area contributed by atoms with Gasteiger partial charge in [0.15, 0.2) is 0 Å². The Morgan fingerprint density at radius 2 is 2.05 bits per heavy atom. The van der Waals surface area contributed by atoms with Crippen molar-refractivity contribution in [2.45, 2.75) is 22.6 Å². The summed E-state index contributed by atoms with van der Waals surface area (Å²) in [7, 11) is 4.23. The summed E-state index contributed by atoms with van der Waals surface area (Å²) in [6.45, 7) is 2.08. The zero-order chi connectivity index (χ0) is 15.5. The summed E-state index contributed by atoms with van der Waals surface area (Å²) in [5, 5.41) is 0.775. The average molecular weight is 334 g/mol. The predicted molar refractivity (Wildman–Crippen MR) is 94.6 cm³/mol. The summed E-state index contributed by atoms with van der Waals surface area (Å²) in [5.41, 5.74) is 1.17. The highest BCUT2D eigenvalue weighted by Crippen LogP contribution is 2.47. The topological polar surface area (TPSA) is 19.4 Å². The fraction of sp³-hybridized carbons (Fsp3) is 0.353. The monoisotopic (exact) mass is 333 g/mol. The van der Waals surface area contributed by atoms with Gasteiger partial charge >= 0.3 is 0 Å². The molecule has 2 heterocycles. The van der Waals surface area contributed by atoms with Crippen molar-refractivity contribution in [1.29, 1.82) is 0 Å². The minimum atomic E-state index is 0.775. The molecule has 0 atom stereocenters. The van der Waals surface area contributed by atoms with E-state index in [0.29, 0.717) is 0 Å². The van der Waals surface area contributed by atoms with Crippen LogP contribution in [0.1, 0.15) is 12.8 Å². The van der Waals surface area contributed by atoms with Crippen LogP contribution in [0.4, 0.5) is 11.5 Å². The molecule has 22 heavy (non-hydrogen) atoms. The number of hydrogen-bond donors (Lipinski definition) is 0. The zero-order valence-corrected chi connectivity index (χ0v) is 14.5. The Morgan fingerprint density at radius 3 is 2.86 bits per heavy atom. The number of nitrogens with zero attached hydrogens (tertiary/aromatic N) is 3. The summed E-state index contributed by atoms with van der Waals surface area (Å²) in [5.74, 6) is 1.05. The Hall–Kier alpha value is -1.23. The van der Waals surface area contributed by atoms with Gasteiger partial charge in [-0.2, -0.15) is 0 Å². The van der Waals surface area contributed by atoms with Crippen molar-refractivity contribution in [2.24, 2.45) is 0 Å². The molecule has 3 nitrogen and oxygen atoms in total. The van der Waals surface area contributed by atoms with Gasteiger partial charge < -0.3 is 9.80 Å². The van der Waals surface area contributed by atoms with Gasteiger partial charge in [0, 0.05) is 22.7 Å². The van der Waals surface area contributed by atoms with E-state index in [1.165, 1.54) is 21.9 Å². The number of unbranched alkanes of at least 4 members (excludes halogenated alkanes) is 1. The number of rotatable bonds is 5. The van der Waals surface area contributed by atoms with E-state index >= 15 is 0 Å². The molecule has 2 aromatic rings. The van der Waals surface area contributed by atoms with Crippen LogP contribution < -0.4 is 4.90 Å². The van der Waals surface area contributed by atoms with E-state index in [1.807, 2.05) is 24.4 Å². The molecule has 116 valence electrons. The highest BCUT2D eigenvalue weighted by Gasteiger charge is 2.24. The predicted octanol–water partition coefficient (Wildman–Crippen LogP) is 4.68. The van der Waals surface area contributed by atoms with Gasteiger partial charge in [0.2, 0.25) is 0 Å². The molecule has 0 bridgehead atoms. The molecule has 0 N–H and O–H groups in total. The van der Waals surface area contributed by atoms with Crippen molar-refractivity contribution in [3.8, 4) is 0 Å². The molecule has 0 saturated heterocycles. The first-order chi connectivity index (χ1) is 10.6. The summed E-state index contributed by atoms with van der Waals surface area (Å²) in [6, 6.07) is 10.2. The zero-order valence-electron chi connectivity index (χ0n) is 12.9. The molecule has 3 rings (SSSR count). The molecule has 0 unspecified atom stereocenters. The second-order valence-electron chi connectivity index (χ2n) is 5.70. The lowest BCUT2D eigenvalue weighted by Crippen LogP contribution is -2.24. The van der Waals surface area contributed by atoms with Crippen molar-refractivity contribution in [3.63, 3.8) is 0 Å². The molecule has 1 aliphatic heterocycles. The van der Waals surface area contributed by atoms with E-state index in [4.69, 9.17) is 11.6 Å². The lowest BCUT2D eigenvalue weighted by Gasteiger charge is -2.31. The molecule has 5 heteroatoms. The number of halogens is 1. The van der Waals surface area contributed by atoms with Crippen molar-refractivity contribution in [1.82, 2.24) is 9.88 Å². The second-order valence-corrected chi connectivity index (χ2v) is 7.22. The van der Waals surface area contributed by atoms with E-state index in [2.05, 4.69) is 41.0 Å². The number of aromatic nitrogens is 1. The maximum Gasteiger partial charge on any atom is 0.147 e. The van der Waals surface area contributed by atoms with Gasteiger partial charge in [0.25, 0.3) is 0 Å². The first kappa shape index (κ1) is 15.7. The summed E-state index contributed by atoms with van der Waals surface area (Å²) in [6.07, 6.45) is 4.17. The fourth-order valence-corrected chi connectivity index (χ4v) is 3.82. The molecule has 1 aliphatic rings. The molecule has 0 saturated carbocycles. The summed E-state index contributed by atoms with van der Waals surface area (Å²) in [4.78, 5) is 11.6. The Bertz CT molecular complexity index is 660. The Morgan fingerprint density at radius 1 is 1.18 bits per heavy atom. The normalized spacial score (nSPS) is 13.2. The quantitative estimate of drug-likeness (QED) is 0.740.